The molecule has 4 nitrogen and oxygen atoms in total. The predicted molar refractivity (Wildman–Crippen MR) is 219 cm³/mol. The molecule has 0 spiro atoms. The van der Waals surface area contributed by atoms with Crippen molar-refractivity contribution in [3.63, 3.8) is 0 Å². The van der Waals surface area contributed by atoms with Crippen LogP contribution in [-0.2, 0) is 0 Å². The molecular formula is C47H29N3OS. The van der Waals surface area contributed by atoms with Crippen LogP contribution in [0.2, 0.25) is 0 Å². The molecule has 0 amide bonds. The van der Waals surface area contributed by atoms with E-state index in [4.69, 9.17) is 9.40 Å². The van der Waals surface area contributed by atoms with E-state index >= 15 is 0 Å². The number of para-hydroxylation sites is 3. The molecule has 52 heavy (non-hydrogen) atoms. The zero-order valence-electron chi connectivity index (χ0n) is 27.9. The molecule has 0 aliphatic carbocycles. The van der Waals surface area contributed by atoms with Crippen molar-refractivity contribution in [2.45, 2.75) is 0 Å². The molecule has 0 bridgehead atoms. The number of thiophene rings is 1. The first-order valence-electron chi connectivity index (χ1n) is 17.5. The van der Waals surface area contributed by atoms with Gasteiger partial charge in [0.15, 0.2) is 5.58 Å². The third kappa shape index (κ3) is 4.36. The number of anilines is 3. The molecule has 0 aliphatic heterocycles. The summed E-state index contributed by atoms with van der Waals surface area (Å²) < 4.78 is 11.7. The van der Waals surface area contributed by atoms with Crippen molar-refractivity contribution in [1.29, 1.82) is 0 Å². The molecule has 8 aromatic carbocycles. The Morgan fingerprint density at radius 3 is 2.04 bits per heavy atom. The van der Waals surface area contributed by atoms with Gasteiger partial charge in [0.1, 0.15) is 5.52 Å². The number of hydrogen-bond acceptors (Lipinski definition) is 4. The summed E-state index contributed by atoms with van der Waals surface area (Å²) in [7, 11) is 0. The predicted octanol–water partition coefficient (Wildman–Crippen LogP) is 13.6. The summed E-state index contributed by atoms with van der Waals surface area (Å²) in [5.74, 6) is 0.604. The summed E-state index contributed by atoms with van der Waals surface area (Å²) in [5, 5.41) is 7.36. The quantitative estimate of drug-likeness (QED) is 0.181. The molecule has 3 heterocycles. The molecule has 0 saturated heterocycles. The van der Waals surface area contributed by atoms with Crippen LogP contribution < -0.4 is 4.90 Å². The highest BCUT2D eigenvalue weighted by atomic mass is 32.1. The van der Waals surface area contributed by atoms with Crippen LogP contribution in [0.5, 0.6) is 0 Å². The first-order chi connectivity index (χ1) is 25.8. The van der Waals surface area contributed by atoms with Gasteiger partial charge in [0.05, 0.1) is 22.4 Å². The van der Waals surface area contributed by atoms with Gasteiger partial charge >= 0.3 is 0 Å². The van der Waals surface area contributed by atoms with Gasteiger partial charge in [0.25, 0.3) is 0 Å². The largest absolute Gasteiger partial charge is 0.434 e. The topological polar surface area (TPSA) is 34.2 Å². The smallest absolute Gasteiger partial charge is 0.227 e. The van der Waals surface area contributed by atoms with E-state index in [2.05, 4.69) is 149 Å². The monoisotopic (exact) mass is 683 g/mol. The lowest BCUT2D eigenvalue weighted by molar-refractivity contribution is 0.620. The van der Waals surface area contributed by atoms with E-state index in [1.807, 2.05) is 47.7 Å². The highest BCUT2D eigenvalue weighted by Crippen LogP contribution is 2.48. The minimum absolute atomic E-state index is 0.604. The van der Waals surface area contributed by atoms with Crippen LogP contribution in [0, 0.1) is 0 Å². The number of hydrogen-bond donors (Lipinski definition) is 0. The van der Waals surface area contributed by atoms with E-state index < -0.39 is 0 Å². The lowest BCUT2D eigenvalue weighted by Crippen LogP contribution is -2.11. The maximum Gasteiger partial charge on any atom is 0.227 e. The molecule has 244 valence electrons. The second kappa shape index (κ2) is 11.4. The van der Waals surface area contributed by atoms with Crippen LogP contribution in [0.15, 0.2) is 180 Å². The van der Waals surface area contributed by atoms with E-state index in [1.165, 1.54) is 41.8 Å². The molecule has 0 radical (unpaired) electrons. The molecule has 11 aromatic rings. The van der Waals surface area contributed by atoms with Crippen LogP contribution in [0.1, 0.15) is 0 Å². The zero-order valence-corrected chi connectivity index (χ0v) is 28.7. The Labute approximate surface area is 303 Å². The van der Waals surface area contributed by atoms with Crippen LogP contribution in [-0.4, -0.2) is 9.55 Å². The molecule has 0 atom stereocenters. The molecule has 0 N–H and O–H groups in total. The number of benzene rings is 8. The van der Waals surface area contributed by atoms with Gasteiger partial charge in [0.2, 0.25) is 5.89 Å². The van der Waals surface area contributed by atoms with Gasteiger partial charge < -0.3 is 13.9 Å². The van der Waals surface area contributed by atoms with E-state index in [-0.39, 0.29) is 0 Å². The number of rotatable bonds is 5. The number of oxazole rings is 1. The summed E-state index contributed by atoms with van der Waals surface area (Å²) in [4.78, 5) is 7.37. The average molecular weight is 684 g/mol. The fourth-order valence-electron chi connectivity index (χ4n) is 7.93. The fraction of sp³-hybridized carbons (Fsp3) is 0. The molecule has 0 fully saturated rings. The maximum absolute atomic E-state index is 6.73. The third-order valence-electron chi connectivity index (χ3n) is 10.2. The van der Waals surface area contributed by atoms with E-state index in [0.717, 1.165) is 50.3 Å². The molecule has 11 rings (SSSR count). The summed E-state index contributed by atoms with van der Waals surface area (Å²) in [6.07, 6.45) is 0. The first kappa shape index (κ1) is 29.1. The standard InChI is InChI=1S/C47H29N3OS/c1-3-14-30(15-4-1)47-48-38-22-13-24-40(46(38)51-47)50(32-26-27-35-34-19-10-12-25-43(34)52-44(35)28-32)41-29-42-45(36-20-8-7-18-33(36)41)37-21-9-11-23-39(37)49(42)31-16-5-2-6-17-31/h1-29H. The van der Waals surface area contributed by atoms with E-state index in [9.17, 15) is 0 Å². The van der Waals surface area contributed by atoms with Crippen molar-refractivity contribution in [3.8, 4) is 17.1 Å². The summed E-state index contributed by atoms with van der Waals surface area (Å²) in [6.45, 7) is 0. The van der Waals surface area contributed by atoms with Gasteiger partial charge in [-0.3, -0.25) is 0 Å². The lowest BCUT2D eigenvalue weighted by atomic mass is 10.0. The van der Waals surface area contributed by atoms with Gasteiger partial charge in [-0.2, -0.15) is 0 Å². The SMILES string of the molecule is c1ccc(-c2nc3cccc(N(c4ccc5c(c4)sc4ccccc45)c4cc5c(c6ccccc46)c4ccccc4n5-c4ccccc4)c3o2)cc1. The van der Waals surface area contributed by atoms with Crippen molar-refractivity contribution >= 4 is 92.2 Å². The van der Waals surface area contributed by atoms with Crippen LogP contribution >= 0.6 is 11.3 Å². The van der Waals surface area contributed by atoms with Crippen molar-refractivity contribution in [1.82, 2.24) is 9.55 Å². The Morgan fingerprint density at radius 2 is 1.19 bits per heavy atom. The number of fused-ring (bicyclic) bond motifs is 9. The second-order valence-corrected chi connectivity index (χ2v) is 14.2. The molecule has 3 aromatic heterocycles. The minimum atomic E-state index is 0.604. The maximum atomic E-state index is 6.73. The van der Waals surface area contributed by atoms with E-state index in [1.54, 1.807) is 0 Å². The normalized spacial score (nSPS) is 11.8. The Bertz CT molecular complexity index is 3140. The molecule has 0 aliphatic rings. The summed E-state index contributed by atoms with van der Waals surface area (Å²) in [5.41, 5.74) is 8.99. The second-order valence-electron chi connectivity index (χ2n) is 13.1. The highest BCUT2D eigenvalue weighted by molar-refractivity contribution is 7.25. The Balaban J connectivity index is 1.26. The zero-order chi connectivity index (χ0) is 34.2. The molecule has 0 unspecified atom stereocenters. The number of aromatic nitrogens is 2. The summed E-state index contributed by atoms with van der Waals surface area (Å²) in [6, 6.07) is 62.5. The molecule has 5 heteroatoms. The lowest BCUT2D eigenvalue weighted by Gasteiger charge is -2.27. The van der Waals surface area contributed by atoms with Crippen LogP contribution in [0.3, 0.4) is 0 Å². The van der Waals surface area contributed by atoms with Gasteiger partial charge in [-0.25, -0.2) is 4.98 Å². The summed E-state index contributed by atoms with van der Waals surface area (Å²) >= 11 is 1.83. The highest BCUT2D eigenvalue weighted by Gasteiger charge is 2.25. The van der Waals surface area contributed by atoms with E-state index in [0.29, 0.717) is 5.89 Å². The Hall–Kier alpha value is -6.69. The fourth-order valence-corrected chi connectivity index (χ4v) is 9.07. The van der Waals surface area contributed by atoms with Gasteiger partial charge in [-0.15, -0.1) is 11.3 Å². The van der Waals surface area contributed by atoms with Gasteiger partial charge in [-0.1, -0.05) is 109 Å². The average Bonchev–Trinajstić information content (AvgIpc) is 3.91. The third-order valence-corrected chi connectivity index (χ3v) is 11.3. The van der Waals surface area contributed by atoms with Crippen molar-refractivity contribution in [2.75, 3.05) is 4.90 Å². The van der Waals surface area contributed by atoms with Crippen LogP contribution in [0.25, 0.3) is 81.0 Å². The van der Waals surface area contributed by atoms with Gasteiger partial charge in [0, 0.05) is 53.3 Å². The van der Waals surface area contributed by atoms with Crippen LogP contribution in [0.4, 0.5) is 17.1 Å². The van der Waals surface area contributed by atoms with Crippen molar-refractivity contribution in [3.05, 3.63) is 176 Å². The first-order valence-corrected chi connectivity index (χ1v) is 18.3. The molecular weight excluding hydrogens is 655 g/mol. The van der Waals surface area contributed by atoms with Crippen molar-refractivity contribution in [2.24, 2.45) is 0 Å². The van der Waals surface area contributed by atoms with Gasteiger partial charge in [-0.05, 0) is 72.1 Å². The molecule has 0 saturated carbocycles. The number of nitrogens with zero attached hydrogens (tertiary/aromatic N) is 3. The van der Waals surface area contributed by atoms with Crippen molar-refractivity contribution < 1.29 is 4.42 Å². The Morgan fingerprint density at radius 1 is 0.500 bits per heavy atom. The minimum Gasteiger partial charge on any atom is -0.434 e. The Kier molecular flexibility index (Phi) is 6.39.